The van der Waals surface area contributed by atoms with Crippen molar-refractivity contribution in [2.24, 2.45) is 0 Å². The van der Waals surface area contributed by atoms with E-state index in [1.54, 1.807) is 24.4 Å². The molecule has 28 heavy (non-hydrogen) atoms. The smallest absolute Gasteiger partial charge is 0.331 e. The maximum Gasteiger partial charge on any atom is 0.331 e. The molecule has 0 saturated carbocycles. The standard InChI is InChI=1S/C21H15FN4O2/c1-11-19(12(2)28-25-11)13-7-8-14-16(9-13)23-10-17-20(14)26(21(27)24-17)18-6-4-3-5-15(18)22/h3-10H,1-2H3,(H,24,27). The van der Waals surface area contributed by atoms with Crippen molar-refractivity contribution in [2.75, 3.05) is 0 Å². The van der Waals surface area contributed by atoms with Crippen molar-refractivity contribution in [3.63, 3.8) is 0 Å². The molecule has 5 rings (SSSR count). The molecular weight excluding hydrogens is 359 g/mol. The number of rotatable bonds is 2. The number of hydrogen-bond acceptors (Lipinski definition) is 4. The highest BCUT2D eigenvalue weighted by atomic mass is 19.1. The van der Waals surface area contributed by atoms with Crippen molar-refractivity contribution in [1.29, 1.82) is 0 Å². The average Bonchev–Trinajstić information content (AvgIpc) is 3.20. The average molecular weight is 374 g/mol. The largest absolute Gasteiger partial charge is 0.361 e. The van der Waals surface area contributed by atoms with Crippen LogP contribution in [0.5, 0.6) is 0 Å². The summed E-state index contributed by atoms with van der Waals surface area (Å²) < 4.78 is 21.0. The van der Waals surface area contributed by atoms with Crippen LogP contribution >= 0.6 is 0 Å². The number of aryl methyl sites for hydroxylation is 2. The Morgan fingerprint density at radius 2 is 1.96 bits per heavy atom. The molecule has 3 aromatic heterocycles. The van der Waals surface area contributed by atoms with Crippen molar-refractivity contribution in [1.82, 2.24) is 19.7 Å². The Morgan fingerprint density at radius 1 is 1.14 bits per heavy atom. The fraction of sp³-hybridized carbons (Fsp3) is 0.0952. The lowest BCUT2D eigenvalue weighted by Crippen LogP contribution is -2.15. The minimum Gasteiger partial charge on any atom is -0.361 e. The molecule has 7 heteroatoms. The highest BCUT2D eigenvalue weighted by Gasteiger charge is 2.17. The van der Waals surface area contributed by atoms with E-state index in [2.05, 4.69) is 15.1 Å². The van der Waals surface area contributed by atoms with Gasteiger partial charge >= 0.3 is 5.69 Å². The van der Waals surface area contributed by atoms with E-state index < -0.39 is 11.5 Å². The van der Waals surface area contributed by atoms with Crippen LogP contribution in [0.4, 0.5) is 4.39 Å². The van der Waals surface area contributed by atoms with Gasteiger partial charge in [0.1, 0.15) is 11.6 Å². The quantitative estimate of drug-likeness (QED) is 0.500. The third-order valence-corrected chi connectivity index (χ3v) is 4.92. The fourth-order valence-corrected chi connectivity index (χ4v) is 3.70. The zero-order chi connectivity index (χ0) is 19.4. The molecule has 0 radical (unpaired) electrons. The number of aromatic amines is 1. The zero-order valence-corrected chi connectivity index (χ0v) is 15.2. The zero-order valence-electron chi connectivity index (χ0n) is 15.2. The van der Waals surface area contributed by atoms with Crippen LogP contribution in [0.25, 0.3) is 38.8 Å². The van der Waals surface area contributed by atoms with Gasteiger partial charge in [-0.25, -0.2) is 9.18 Å². The molecule has 0 aliphatic carbocycles. The van der Waals surface area contributed by atoms with Gasteiger partial charge < -0.3 is 9.51 Å². The number of para-hydroxylation sites is 1. The minimum absolute atomic E-state index is 0.195. The summed E-state index contributed by atoms with van der Waals surface area (Å²) in [6, 6.07) is 11.9. The van der Waals surface area contributed by atoms with Crippen LogP contribution < -0.4 is 5.69 Å². The van der Waals surface area contributed by atoms with Gasteiger partial charge in [0.05, 0.1) is 34.1 Å². The molecular formula is C21H15FN4O2. The number of aromatic nitrogens is 4. The third kappa shape index (κ3) is 2.29. The fourth-order valence-electron chi connectivity index (χ4n) is 3.70. The van der Waals surface area contributed by atoms with Gasteiger partial charge in [0.15, 0.2) is 0 Å². The van der Waals surface area contributed by atoms with Crippen LogP contribution in [0.15, 0.2) is 58.0 Å². The highest BCUT2D eigenvalue weighted by Crippen LogP contribution is 2.31. The lowest BCUT2D eigenvalue weighted by Gasteiger charge is -2.08. The van der Waals surface area contributed by atoms with Gasteiger partial charge in [-0.1, -0.05) is 23.4 Å². The van der Waals surface area contributed by atoms with Crippen LogP contribution in [0.3, 0.4) is 0 Å². The number of pyridine rings is 1. The molecule has 0 bridgehead atoms. The van der Waals surface area contributed by atoms with Crippen molar-refractivity contribution >= 4 is 21.9 Å². The molecule has 1 N–H and O–H groups in total. The summed E-state index contributed by atoms with van der Waals surface area (Å²) in [4.78, 5) is 19.8. The Labute approximate surface area is 158 Å². The predicted molar refractivity (Wildman–Crippen MR) is 104 cm³/mol. The molecule has 138 valence electrons. The second-order valence-corrected chi connectivity index (χ2v) is 6.67. The Bertz CT molecular complexity index is 1410. The second kappa shape index (κ2) is 5.88. The van der Waals surface area contributed by atoms with Crippen LogP contribution in [-0.4, -0.2) is 19.7 Å². The van der Waals surface area contributed by atoms with Gasteiger partial charge in [0, 0.05) is 10.9 Å². The summed E-state index contributed by atoms with van der Waals surface area (Å²) in [6.07, 6.45) is 1.59. The van der Waals surface area contributed by atoms with E-state index in [0.717, 1.165) is 28.0 Å². The molecule has 0 spiro atoms. The normalized spacial score (nSPS) is 11.5. The molecule has 6 nitrogen and oxygen atoms in total. The van der Waals surface area contributed by atoms with Gasteiger partial charge in [0.25, 0.3) is 0 Å². The SMILES string of the molecule is Cc1noc(C)c1-c1ccc2c(c1)ncc1[nH]c(=O)n(-c3ccccc3F)c12. The molecule has 0 aliphatic heterocycles. The van der Waals surface area contributed by atoms with Crippen LogP contribution in [-0.2, 0) is 0 Å². The molecule has 3 heterocycles. The lowest BCUT2D eigenvalue weighted by molar-refractivity contribution is 0.393. The van der Waals surface area contributed by atoms with E-state index in [1.807, 2.05) is 32.0 Å². The Hall–Kier alpha value is -3.74. The Kier molecular flexibility index (Phi) is 3.45. The molecule has 5 aromatic rings. The third-order valence-electron chi connectivity index (χ3n) is 4.92. The van der Waals surface area contributed by atoms with E-state index >= 15 is 0 Å². The molecule has 0 saturated heterocycles. The molecule has 0 unspecified atom stereocenters. The number of hydrogen-bond donors (Lipinski definition) is 1. The van der Waals surface area contributed by atoms with Crippen molar-refractivity contribution in [3.8, 4) is 16.8 Å². The molecule has 0 amide bonds. The maximum absolute atomic E-state index is 14.4. The maximum atomic E-state index is 14.4. The summed E-state index contributed by atoms with van der Waals surface area (Å²) >= 11 is 0. The van der Waals surface area contributed by atoms with Crippen LogP contribution in [0, 0.1) is 19.7 Å². The lowest BCUT2D eigenvalue weighted by atomic mass is 10.0. The van der Waals surface area contributed by atoms with Gasteiger partial charge in [-0.2, -0.15) is 0 Å². The minimum atomic E-state index is -0.470. The van der Waals surface area contributed by atoms with E-state index in [0.29, 0.717) is 16.6 Å². The number of fused-ring (bicyclic) bond motifs is 3. The van der Waals surface area contributed by atoms with Crippen molar-refractivity contribution in [2.45, 2.75) is 13.8 Å². The molecule has 0 atom stereocenters. The number of halogens is 1. The van der Waals surface area contributed by atoms with Crippen LogP contribution in [0.1, 0.15) is 11.5 Å². The monoisotopic (exact) mass is 374 g/mol. The Morgan fingerprint density at radius 3 is 2.71 bits per heavy atom. The first-order valence-electron chi connectivity index (χ1n) is 8.76. The number of imidazole rings is 1. The van der Waals surface area contributed by atoms with Gasteiger partial charge in [-0.3, -0.25) is 9.55 Å². The summed E-state index contributed by atoms with van der Waals surface area (Å²) in [7, 11) is 0. The number of benzene rings is 2. The predicted octanol–water partition coefficient (Wildman–Crippen LogP) is 4.28. The first kappa shape index (κ1) is 16.4. The van der Waals surface area contributed by atoms with Gasteiger partial charge in [0.2, 0.25) is 0 Å². The second-order valence-electron chi connectivity index (χ2n) is 6.67. The molecule has 2 aromatic carbocycles. The van der Waals surface area contributed by atoms with E-state index in [9.17, 15) is 9.18 Å². The summed E-state index contributed by atoms with van der Waals surface area (Å²) in [5, 5.41) is 4.75. The van der Waals surface area contributed by atoms with Crippen molar-refractivity contribution in [3.05, 3.63) is 76.4 Å². The molecule has 0 fully saturated rings. The first-order chi connectivity index (χ1) is 13.5. The number of H-pyrrole nitrogens is 1. The van der Waals surface area contributed by atoms with Gasteiger partial charge in [-0.05, 0) is 43.7 Å². The summed E-state index contributed by atoms with van der Waals surface area (Å²) in [5.74, 6) is 0.255. The van der Waals surface area contributed by atoms with Crippen LogP contribution in [0.2, 0.25) is 0 Å². The van der Waals surface area contributed by atoms with E-state index in [-0.39, 0.29) is 5.69 Å². The molecule has 0 aliphatic rings. The topological polar surface area (TPSA) is 76.7 Å². The summed E-state index contributed by atoms with van der Waals surface area (Å²) in [5.41, 5.74) is 4.24. The Balaban J connectivity index is 1.83. The summed E-state index contributed by atoms with van der Waals surface area (Å²) in [6.45, 7) is 3.74. The highest BCUT2D eigenvalue weighted by molar-refractivity contribution is 6.04. The van der Waals surface area contributed by atoms with E-state index in [1.165, 1.54) is 10.6 Å². The van der Waals surface area contributed by atoms with E-state index in [4.69, 9.17) is 4.52 Å². The number of nitrogens with zero attached hydrogens (tertiary/aromatic N) is 3. The van der Waals surface area contributed by atoms with Gasteiger partial charge in [-0.15, -0.1) is 0 Å². The van der Waals surface area contributed by atoms with Crippen molar-refractivity contribution < 1.29 is 8.91 Å². The first-order valence-corrected chi connectivity index (χ1v) is 8.76. The number of nitrogens with one attached hydrogen (secondary N) is 1.